The van der Waals surface area contributed by atoms with Crippen LogP contribution in [0.15, 0.2) is 4.79 Å². The second-order valence-corrected chi connectivity index (χ2v) is 8.67. The summed E-state index contributed by atoms with van der Waals surface area (Å²) in [6.07, 6.45) is 5.66. The third-order valence-electron chi connectivity index (χ3n) is 5.99. The van der Waals surface area contributed by atoms with Crippen LogP contribution in [-0.4, -0.2) is 35.7 Å². The molecule has 0 N–H and O–H groups in total. The second kappa shape index (κ2) is 6.29. The van der Waals surface area contributed by atoms with Gasteiger partial charge in [0.2, 0.25) is 0 Å². The van der Waals surface area contributed by atoms with Crippen molar-refractivity contribution in [2.75, 3.05) is 6.61 Å². The molecule has 2 atom stereocenters. The monoisotopic (exact) mass is 372 g/mol. The van der Waals surface area contributed by atoms with Gasteiger partial charge in [0.05, 0.1) is 0 Å². The Hall–Kier alpha value is -1.96. The SMILES string of the molecule is CC(C)n1c([C@H]2OCC[C@H]2C)nn(Cc2nnc(C3CC3)n2C2CC2)c1=O. The minimum absolute atomic E-state index is 0.0426. The van der Waals surface area contributed by atoms with E-state index in [0.717, 1.165) is 30.5 Å². The largest absolute Gasteiger partial charge is 0.370 e. The normalized spacial score (nSPS) is 25.6. The average molecular weight is 372 g/mol. The highest BCUT2D eigenvalue weighted by Gasteiger charge is 2.37. The smallest absolute Gasteiger partial charge is 0.346 e. The zero-order valence-electron chi connectivity index (χ0n) is 16.3. The number of hydrogen-bond donors (Lipinski definition) is 0. The van der Waals surface area contributed by atoms with E-state index in [1.807, 2.05) is 13.8 Å². The lowest BCUT2D eigenvalue weighted by Gasteiger charge is -2.16. The van der Waals surface area contributed by atoms with Gasteiger partial charge in [0.25, 0.3) is 0 Å². The predicted molar refractivity (Wildman–Crippen MR) is 98.7 cm³/mol. The van der Waals surface area contributed by atoms with Crippen LogP contribution in [0.2, 0.25) is 0 Å². The Labute approximate surface area is 158 Å². The van der Waals surface area contributed by atoms with Crippen molar-refractivity contribution in [1.82, 2.24) is 29.1 Å². The van der Waals surface area contributed by atoms with Gasteiger partial charge in [-0.3, -0.25) is 4.57 Å². The van der Waals surface area contributed by atoms with Gasteiger partial charge in [-0.05, 0) is 51.9 Å². The van der Waals surface area contributed by atoms with Crippen LogP contribution in [0.25, 0.3) is 0 Å². The van der Waals surface area contributed by atoms with Crippen LogP contribution in [0.4, 0.5) is 0 Å². The Morgan fingerprint density at radius 3 is 2.48 bits per heavy atom. The van der Waals surface area contributed by atoms with Crippen LogP contribution in [0.3, 0.4) is 0 Å². The van der Waals surface area contributed by atoms with Gasteiger partial charge in [-0.15, -0.1) is 10.2 Å². The minimum Gasteiger partial charge on any atom is -0.370 e. The van der Waals surface area contributed by atoms with Gasteiger partial charge in [0, 0.05) is 24.6 Å². The van der Waals surface area contributed by atoms with Gasteiger partial charge >= 0.3 is 5.69 Å². The summed E-state index contributed by atoms with van der Waals surface area (Å²) in [6, 6.07) is 0.548. The molecule has 2 saturated carbocycles. The lowest BCUT2D eigenvalue weighted by molar-refractivity contribution is 0.0825. The van der Waals surface area contributed by atoms with Crippen molar-refractivity contribution in [1.29, 1.82) is 0 Å². The fraction of sp³-hybridized carbons (Fsp3) is 0.789. The number of ether oxygens (including phenoxy) is 1. The molecule has 0 spiro atoms. The van der Waals surface area contributed by atoms with Gasteiger partial charge in [0.15, 0.2) is 11.6 Å². The van der Waals surface area contributed by atoms with Crippen LogP contribution < -0.4 is 5.69 Å². The van der Waals surface area contributed by atoms with Crippen molar-refractivity contribution >= 4 is 0 Å². The average Bonchev–Trinajstić information content (AvgIpc) is 3.54. The first-order valence-electron chi connectivity index (χ1n) is 10.3. The van der Waals surface area contributed by atoms with Crippen LogP contribution in [0.1, 0.15) is 94.5 Å². The lowest BCUT2D eigenvalue weighted by atomic mass is 10.0. The fourth-order valence-corrected chi connectivity index (χ4v) is 4.17. The minimum atomic E-state index is -0.107. The van der Waals surface area contributed by atoms with Crippen molar-refractivity contribution in [3.05, 3.63) is 28.0 Å². The van der Waals surface area contributed by atoms with Crippen LogP contribution >= 0.6 is 0 Å². The number of hydrogen-bond acceptors (Lipinski definition) is 5. The van der Waals surface area contributed by atoms with Crippen molar-refractivity contribution in [2.45, 2.75) is 83.5 Å². The maximum absolute atomic E-state index is 13.1. The van der Waals surface area contributed by atoms with E-state index in [-0.39, 0.29) is 17.8 Å². The molecule has 146 valence electrons. The van der Waals surface area contributed by atoms with Crippen molar-refractivity contribution in [3.8, 4) is 0 Å². The van der Waals surface area contributed by atoms with Gasteiger partial charge in [-0.25, -0.2) is 9.48 Å². The summed E-state index contributed by atoms with van der Waals surface area (Å²) in [5.74, 6) is 3.65. The summed E-state index contributed by atoms with van der Waals surface area (Å²) in [6.45, 7) is 7.31. The van der Waals surface area contributed by atoms with Crippen LogP contribution in [0.5, 0.6) is 0 Å². The highest BCUT2D eigenvalue weighted by atomic mass is 16.5. The fourth-order valence-electron chi connectivity index (χ4n) is 4.17. The highest BCUT2D eigenvalue weighted by Crippen LogP contribution is 2.44. The van der Waals surface area contributed by atoms with E-state index >= 15 is 0 Å². The van der Waals surface area contributed by atoms with Crippen molar-refractivity contribution in [3.63, 3.8) is 0 Å². The summed E-state index contributed by atoms with van der Waals surface area (Å²) < 4.78 is 11.5. The second-order valence-electron chi connectivity index (χ2n) is 8.67. The number of aromatic nitrogens is 6. The third kappa shape index (κ3) is 2.94. The first kappa shape index (κ1) is 17.2. The van der Waals surface area contributed by atoms with E-state index in [1.165, 1.54) is 25.7 Å². The zero-order valence-corrected chi connectivity index (χ0v) is 16.3. The molecule has 3 fully saturated rings. The first-order chi connectivity index (χ1) is 13.0. The molecular weight excluding hydrogens is 344 g/mol. The summed E-state index contributed by atoms with van der Waals surface area (Å²) in [7, 11) is 0. The molecule has 3 heterocycles. The standard InChI is InChI=1S/C19H28N6O2/c1-11(2)24-18(16-12(3)8-9-27-16)22-23(19(24)26)10-15-20-21-17(13-4-5-13)25(15)14-6-7-14/h11-14,16H,4-10H2,1-3H3/t12-,16+/m1/s1. The Balaban J connectivity index is 1.52. The molecule has 3 aliphatic rings. The highest BCUT2D eigenvalue weighted by molar-refractivity contribution is 5.12. The van der Waals surface area contributed by atoms with E-state index < -0.39 is 0 Å². The van der Waals surface area contributed by atoms with E-state index in [0.29, 0.717) is 24.4 Å². The quantitative estimate of drug-likeness (QED) is 0.779. The van der Waals surface area contributed by atoms with Gasteiger partial charge < -0.3 is 9.30 Å². The molecule has 27 heavy (non-hydrogen) atoms. The molecule has 8 heteroatoms. The summed E-state index contributed by atoms with van der Waals surface area (Å²) in [4.78, 5) is 13.1. The maximum Gasteiger partial charge on any atom is 0.346 e. The Morgan fingerprint density at radius 2 is 1.89 bits per heavy atom. The molecule has 5 rings (SSSR count). The molecule has 0 unspecified atom stereocenters. The predicted octanol–water partition coefficient (Wildman–Crippen LogP) is 2.58. The molecule has 1 aliphatic heterocycles. The lowest BCUT2D eigenvalue weighted by Crippen LogP contribution is -2.28. The topological polar surface area (TPSA) is 79.8 Å². The molecule has 0 radical (unpaired) electrons. The molecule has 0 bridgehead atoms. The van der Waals surface area contributed by atoms with Gasteiger partial charge in [-0.2, -0.15) is 5.10 Å². The molecule has 1 saturated heterocycles. The Bertz CT molecular complexity index is 902. The summed E-state index contributed by atoms with van der Waals surface area (Å²) in [5.41, 5.74) is -0.0824. The Kier molecular flexibility index (Phi) is 4.00. The Morgan fingerprint density at radius 1 is 1.11 bits per heavy atom. The van der Waals surface area contributed by atoms with Crippen molar-refractivity contribution < 1.29 is 4.74 Å². The summed E-state index contributed by atoms with van der Waals surface area (Å²) >= 11 is 0. The molecule has 0 amide bonds. The molecule has 8 nitrogen and oxygen atoms in total. The molecule has 0 aromatic carbocycles. The van der Waals surface area contributed by atoms with E-state index in [9.17, 15) is 4.79 Å². The van der Waals surface area contributed by atoms with E-state index in [4.69, 9.17) is 9.84 Å². The maximum atomic E-state index is 13.1. The third-order valence-corrected chi connectivity index (χ3v) is 5.99. The summed E-state index contributed by atoms with van der Waals surface area (Å²) in [5, 5.41) is 13.6. The molecular formula is C19H28N6O2. The molecule has 2 aliphatic carbocycles. The van der Waals surface area contributed by atoms with Gasteiger partial charge in [0.1, 0.15) is 18.5 Å². The molecule has 2 aromatic heterocycles. The van der Waals surface area contributed by atoms with Crippen LogP contribution in [-0.2, 0) is 11.3 Å². The zero-order chi connectivity index (χ0) is 18.7. The number of nitrogens with zero attached hydrogens (tertiary/aromatic N) is 6. The van der Waals surface area contributed by atoms with E-state index in [2.05, 4.69) is 21.7 Å². The van der Waals surface area contributed by atoms with Gasteiger partial charge in [-0.1, -0.05) is 6.92 Å². The number of rotatable bonds is 6. The van der Waals surface area contributed by atoms with Crippen molar-refractivity contribution in [2.24, 2.45) is 5.92 Å². The van der Waals surface area contributed by atoms with E-state index in [1.54, 1.807) is 9.25 Å². The first-order valence-corrected chi connectivity index (χ1v) is 10.3. The molecule has 2 aromatic rings. The van der Waals surface area contributed by atoms with Crippen LogP contribution in [0, 0.1) is 5.92 Å².